The molecule has 1 atom stereocenters. The maximum absolute atomic E-state index is 13.4. The van der Waals surface area contributed by atoms with Gasteiger partial charge in [-0.3, -0.25) is 9.36 Å². The molecule has 4 rings (SSSR count). The lowest BCUT2D eigenvalue weighted by molar-refractivity contribution is -0.0420. The Hall–Kier alpha value is -3.15. The Morgan fingerprint density at radius 1 is 1.31 bits per heavy atom. The quantitative estimate of drug-likeness (QED) is 0.363. The molecule has 1 aromatic carbocycles. The number of amides is 1. The van der Waals surface area contributed by atoms with Crippen LogP contribution in [0, 0.1) is 6.92 Å². The summed E-state index contributed by atoms with van der Waals surface area (Å²) >= 11 is 5.96. The number of benzene rings is 1. The molecule has 1 unspecified atom stereocenters. The zero-order valence-electron chi connectivity index (χ0n) is 18.9. The molecule has 1 saturated carbocycles. The molecule has 1 fully saturated rings. The third-order valence-electron chi connectivity index (χ3n) is 5.91. The number of alkyl halides is 2. The normalized spacial score (nSPS) is 17.5. The summed E-state index contributed by atoms with van der Waals surface area (Å²) in [6, 6.07) is 5.98. The second-order valence-electron chi connectivity index (χ2n) is 8.62. The highest BCUT2D eigenvalue weighted by molar-refractivity contribution is 6.30. The van der Waals surface area contributed by atoms with Crippen LogP contribution in [-0.2, 0) is 5.72 Å². The van der Waals surface area contributed by atoms with Crippen LogP contribution in [0.1, 0.15) is 47.3 Å². The summed E-state index contributed by atoms with van der Waals surface area (Å²) in [5, 5.41) is 26.3. The van der Waals surface area contributed by atoms with E-state index in [0.29, 0.717) is 29.2 Å². The number of carbonyl (C=O) groups excluding carboxylic acids is 1. The van der Waals surface area contributed by atoms with Crippen LogP contribution < -0.4 is 10.6 Å². The Morgan fingerprint density at radius 3 is 2.74 bits per heavy atom. The van der Waals surface area contributed by atoms with Crippen molar-refractivity contribution in [3.63, 3.8) is 0 Å². The van der Waals surface area contributed by atoms with Crippen molar-refractivity contribution in [1.82, 2.24) is 24.8 Å². The molecule has 0 bridgehead atoms. The van der Waals surface area contributed by atoms with Crippen LogP contribution in [0.3, 0.4) is 0 Å². The predicted molar refractivity (Wildman–Crippen MR) is 125 cm³/mol. The number of aryl methyl sites for hydroxylation is 1. The van der Waals surface area contributed by atoms with Gasteiger partial charge >= 0.3 is 0 Å². The van der Waals surface area contributed by atoms with E-state index in [2.05, 4.69) is 25.6 Å². The molecule has 2 heterocycles. The average molecular weight is 507 g/mol. The maximum Gasteiger partial charge on any atom is 0.274 e. The van der Waals surface area contributed by atoms with Gasteiger partial charge in [0.15, 0.2) is 5.72 Å². The summed E-state index contributed by atoms with van der Waals surface area (Å²) in [5.74, 6) is -2.62. The van der Waals surface area contributed by atoms with Gasteiger partial charge in [-0.15, -0.1) is 0 Å². The average Bonchev–Trinajstić information content (AvgIpc) is 3.32. The van der Waals surface area contributed by atoms with Gasteiger partial charge in [0, 0.05) is 47.4 Å². The van der Waals surface area contributed by atoms with E-state index in [1.807, 2.05) is 0 Å². The minimum Gasteiger partial charge on any atom is -0.391 e. The van der Waals surface area contributed by atoms with Crippen LogP contribution in [0.15, 0.2) is 43.0 Å². The SMILES string of the molecule is Cc1cnc(NC2CCC(F)(F)CC2)nc1-n1cnc(C(=O)NC(O)(CO)c2cccc(Cl)c2)c1. The maximum atomic E-state index is 13.4. The molecule has 1 amide bonds. The van der Waals surface area contributed by atoms with Gasteiger partial charge in [0.2, 0.25) is 11.9 Å². The Balaban J connectivity index is 1.50. The van der Waals surface area contributed by atoms with Gasteiger partial charge in [0.1, 0.15) is 17.8 Å². The van der Waals surface area contributed by atoms with Crippen LogP contribution in [0.25, 0.3) is 5.82 Å². The first-order chi connectivity index (χ1) is 16.6. The van der Waals surface area contributed by atoms with Gasteiger partial charge in [-0.2, -0.15) is 4.98 Å². The van der Waals surface area contributed by atoms with Crippen molar-refractivity contribution in [3.05, 3.63) is 64.8 Å². The molecular formula is C23H25ClF2N6O3. The van der Waals surface area contributed by atoms with Crippen molar-refractivity contribution < 1.29 is 23.8 Å². The predicted octanol–water partition coefficient (Wildman–Crippen LogP) is 3.18. The molecule has 186 valence electrons. The lowest BCUT2D eigenvalue weighted by Gasteiger charge is -2.28. The number of nitrogens with one attached hydrogen (secondary N) is 2. The fourth-order valence-electron chi connectivity index (χ4n) is 3.89. The number of halogens is 3. The van der Waals surface area contributed by atoms with Gasteiger partial charge < -0.3 is 20.8 Å². The van der Waals surface area contributed by atoms with Crippen molar-refractivity contribution in [1.29, 1.82) is 0 Å². The van der Waals surface area contributed by atoms with E-state index in [1.165, 1.54) is 29.2 Å². The molecule has 0 saturated heterocycles. The first-order valence-corrected chi connectivity index (χ1v) is 11.4. The summed E-state index contributed by atoms with van der Waals surface area (Å²) in [7, 11) is 0. The Labute approximate surface area is 205 Å². The topological polar surface area (TPSA) is 125 Å². The largest absolute Gasteiger partial charge is 0.391 e. The Kier molecular flexibility index (Phi) is 7.02. The van der Waals surface area contributed by atoms with Crippen molar-refractivity contribution >= 4 is 23.5 Å². The van der Waals surface area contributed by atoms with Gasteiger partial charge in [0.25, 0.3) is 5.91 Å². The van der Waals surface area contributed by atoms with Crippen LogP contribution in [0.4, 0.5) is 14.7 Å². The number of hydrogen-bond acceptors (Lipinski definition) is 7. The molecule has 12 heteroatoms. The number of nitrogens with zero attached hydrogens (tertiary/aromatic N) is 4. The first-order valence-electron chi connectivity index (χ1n) is 11.0. The summed E-state index contributed by atoms with van der Waals surface area (Å²) in [5.41, 5.74) is -1.19. The van der Waals surface area contributed by atoms with Gasteiger partial charge in [-0.25, -0.2) is 18.7 Å². The van der Waals surface area contributed by atoms with Crippen molar-refractivity contribution in [2.45, 2.75) is 50.3 Å². The summed E-state index contributed by atoms with van der Waals surface area (Å²) in [6.07, 6.45) is 4.66. The summed E-state index contributed by atoms with van der Waals surface area (Å²) < 4.78 is 28.4. The number of rotatable bonds is 7. The molecule has 3 aromatic rings. The van der Waals surface area contributed by atoms with Crippen molar-refractivity contribution in [3.8, 4) is 5.82 Å². The van der Waals surface area contributed by atoms with E-state index in [9.17, 15) is 23.8 Å². The van der Waals surface area contributed by atoms with E-state index < -0.39 is 24.2 Å². The molecule has 0 spiro atoms. The first kappa shape index (κ1) is 25.0. The molecule has 9 nitrogen and oxygen atoms in total. The number of hydrogen-bond donors (Lipinski definition) is 4. The lowest BCUT2D eigenvalue weighted by atomic mass is 9.92. The molecule has 35 heavy (non-hydrogen) atoms. The zero-order valence-corrected chi connectivity index (χ0v) is 19.6. The molecule has 1 aliphatic carbocycles. The summed E-state index contributed by atoms with van der Waals surface area (Å²) in [4.78, 5) is 25.6. The Bertz CT molecular complexity index is 1210. The Morgan fingerprint density at radius 2 is 2.06 bits per heavy atom. The molecule has 0 radical (unpaired) electrons. The van der Waals surface area contributed by atoms with Crippen LogP contribution in [0.5, 0.6) is 0 Å². The number of aliphatic hydroxyl groups excluding tert-OH is 1. The van der Waals surface area contributed by atoms with Crippen molar-refractivity contribution in [2.24, 2.45) is 0 Å². The van der Waals surface area contributed by atoms with E-state index in [1.54, 1.807) is 25.3 Å². The molecule has 0 aliphatic heterocycles. The standard InChI is InChI=1S/C23H25ClF2N6O3/c1-14-10-27-21(29-17-5-7-22(25,26)8-6-17)30-19(14)32-11-18(28-13-32)20(34)31-23(35,12-33)15-3-2-4-16(24)9-15/h2-4,9-11,13,17,33,35H,5-8,12H2,1H3,(H,31,34)(H,27,29,30). The highest BCUT2D eigenvalue weighted by Crippen LogP contribution is 2.34. The highest BCUT2D eigenvalue weighted by Gasteiger charge is 2.35. The van der Waals surface area contributed by atoms with Gasteiger partial charge in [-0.05, 0) is 31.9 Å². The third-order valence-corrected chi connectivity index (χ3v) is 6.14. The van der Waals surface area contributed by atoms with Gasteiger partial charge in [-0.1, -0.05) is 23.7 Å². The fourth-order valence-corrected chi connectivity index (χ4v) is 4.08. The van der Waals surface area contributed by atoms with Gasteiger partial charge in [0.05, 0.1) is 6.61 Å². The summed E-state index contributed by atoms with van der Waals surface area (Å²) in [6.45, 7) is 0.997. The second kappa shape index (κ2) is 9.84. The minimum atomic E-state index is -2.62. The molecule has 1 aliphatic rings. The highest BCUT2D eigenvalue weighted by atomic mass is 35.5. The zero-order chi connectivity index (χ0) is 25.2. The number of carbonyl (C=O) groups is 1. The molecular weight excluding hydrogens is 482 g/mol. The molecule has 2 aromatic heterocycles. The van der Waals surface area contributed by atoms with Crippen LogP contribution in [-0.4, -0.2) is 54.2 Å². The van der Waals surface area contributed by atoms with E-state index in [-0.39, 0.29) is 36.1 Å². The fraction of sp³-hybridized carbons (Fsp3) is 0.391. The third kappa shape index (κ3) is 5.75. The minimum absolute atomic E-state index is 0.0269. The van der Waals surface area contributed by atoms with Crippen molar-refractivity contribution in [2.75, 3.05) is 11.9 Å². The monoisotopic (exact) mass is 506 g/mol. The number of aromatic nitrogens is 4. The smallest absolute Gasteiger partial charge is 0.274 e. The number of aliphatic hydroxyl groups is 2. The van der Waals surface area contributed by atoms with E-state index in [0.717, 1.165) is 0 Å². The number of anilines is 1. The molecule has 4 N–H and O–H groups in total. The second-order valence-corrected chi connectivity index (χ2v) is 9.06. The van der Waals surface area contributed by atoms with Crippen LogP contribution >= 0.6 is 11.6 Å². The number of imidazole rings is 1. The van der Waals surface area contributed by atoms with Crippen LogP contribution in [0.2, 0.25) is 5.02 Å². The lowest BCUT2D eigenvalue weighted by Crippen LogP contribution is -2.48. The van der Waals surface area contributed by atoms with E-state index >= 15 is 0 Å². The van der Waals surface area contributed by atoms with E-state index in [4.69, 9.17) is 11.6 Å².